The highest BCUT2D eigenvalue weighted by Gasteiger charge is 2.73. The van der Waals surface area contributed by atoms with Crippen molar-refractivity contribution in [1.29, 1.82) is 0 Å². The predicted octanol–water partition coefficient (Wildman–Crippen LogP) is 2.76. The number of aliphatic hydroxyl groups excluding tert-OH is 7. The number of rotatable bonds is 8. The number of aliphatic hydroxyl groups is 7. The number of hydrogen-bond acceptors (Lipinski definition) is 11. The number of ether oxygens (including phenoxy) is 2. The lowest BCUT2D eigenvalue weighted by molar-refractivity contribution is -0.335. The molecule has 5 rings (SSSR count). The average molecular weight is 671 g/mol. The highest BCUT2D eigenvalue weighted by atomic mass is 17.1. The molecule has 1 aliphatic heterocycles. The number of fused-ring (bicyclic) bond motifs is 5. The first kappa shape index (κ1) is 37.6. The molecule has 47 heavy (non-hydrogen) atoms. The molecule has 0 aromatic carbocycles. The SMILES string of the molecule is CC(C)(/C=C/C[C@@](C)(O[C@@H]1O[C@H](CO)[C@H](O)[C@H](O)[C@H]1O)[C@H]1CC[C@]2(C)[C@@H]1[C@H](O)C[C@@H]1[C@@]3(C)CC[C@H](O)C(C)(C)[C@@H]3[C@@H](O)C[C@]12C)OO. The third kappa shape index (κ3) is 5.77. The Kier molecular flexibility index (Phi) is 10.00. The van der Waals surface area contributed by atoms with Crippen LogP contribution < -0.4 is 0 Å². The predicted molar refractivity (Wildman–Crippen MR) is 173 cm³/mol. The largest absolute Gasteiger partial charge is 0.394 e. The summed E-state index contributed by atoms with van der Waals surface area (Å²) >= 11 is 0. The van der Waals surface area contributed by atoms with Crippen molar-refractivity contribution >= 4 is 0 Å². The minimum Gasteiger partial charge on any atom is -0.394 e. The Morgan fingerprint density at radius 2 is 1.51 bits per heavy atom. The van der Waals surface area contributed by atoms with E-state index in [9.17, 15) is 41.0 Å². The Balaban J connectivity index is 1.52. The van der Waals surface area contributed by atoms with E-state index in [2.05, 4.69) is 39.5 Å². The molecule has 8 N–H and O–H groups in total. The van der Waals surface area contributed by atoms with Crippen molar-refractivity contribution in [3.63, 3.8) is 0 Å². The molecular formula is C36H62O11. The molecule has 4 aliphatic carbocycles. The summed E-state index contributed by atoms with van der Waals surface area (Å²) in [7, 11) is 0. The first-order valence-corrected chi connectivity index (χ1v) is 17.7. The van der Waals surface area contributed by atoms with Gasteiger partial charge in [-0.1, -0.05) is 46.8 Å². The normalized spacial score (nSPS) is 51.2. The van der Waals surface area contributed by atoms with Gasteiger partial charge in [0.2, 0.25) is 0 Å². The van der Waals surface area contributed by atoms with E-state index >= 15 is 0 Å². The second kappa shape index (κ2) is 12.5. The molecule has 0 radical (unpaired) electrons. The third-order valence-electron chi connectivity index (χ3n) is 14.5. The average Bonchev–Trinajstić information content (AvgIpc) is 3.37. The summed E-state index contributed by atoms with van der Waals surface area (Å²) < 4.78 is 12.5. The minimum absolute atomic E-state index is 0.108. The van der Waals surface area contributed by atoms with Gasteiger partial charge >= 0.3 is 0 Å². The lowest BCUT2D eigenvalue weighted by Crippen LogP contribution is -2.70. The molecule has 11 heteroatoms. The lowest BCUT2D eigenvalue weighted by Gasteiger charge is -2.71. The van der Waals surface area contributed by atoms with E-state index in [1.807, 2.05) is 13.0 Å². The molecular weight excluding hydrogens is 608 g/mol. The molecule has 4 saturated carbocycles. The highest BCUT2D eigenvalue weighted by molar-refractivity contribution is 5.22. The first-order chi connectivity index (χ1) is 21.6. The molecule has 5 aliphatic rings. The Morgan fingerprint density at radius 3 is 2.13 bits per heavy atom. The van der Waals surface area contributed by atoms with Gasteiger partial charge in [-0.2, -0.15) is 0 Å². The molecule has 1 heterocycles. The van der Waals surface area contributed by atoms with Crippen LogP contribution in [0.2, 0.25) is 0 Å². The van der Waals surface area contributed by atoms with Crippen LogP contribution in [-0.4, -0.2) is 108 Å². The van der Waals surface area contributed by atoms with E-state index in [0.717, 1.165) is 12.8 Å². The first-order valence-electron chi connectivity index (χ1n) is 17.7. The fourth-order valence-electron chi connectivity index (χ4n) is 11.9. The van der Waals surface area contributed by atoms with E-state index < -0.39 is 77.7 Å². The Labute approximate surface area is 279 Å². The maximum Gasteiger partial charge on any atom is 0.187 e. The van der Waals surface area contributed by atoms with Crippen LogP contribution in [0.15, 0.2) is 12.2 Å². The topological polar surface area (TPSA) is 190 Å². The van der Waals surface area contributed by atoms with Crippen molar-refractivity contribution in [3.8, 4) is 0 Å². The second-order valence-electron chi connectivity index (χ2n) is 17.9. The van der Waals surface area contributed by atoms with Gasteiger partial charge in [0.05, 0.1) is 30.5 Å². The van der Waals surface area contributed by atoms with Crippen LogP contribution in [0.25, 0.3) is 0 Å². The van der Waals surface area contributed by atoms with Crippen molar-refractivity contribution in [3.05, 3.63) is 12.2 Å². The maximum absolute atomic E-state index is 12.3. The second-order valence-corrected chi connectivity index (χ2v) is 17.9. The van der Waals surface area contributed by atoms with Crippen molar-refractivity contribution in [2.24, 2.45) is 45.3 Å². The quantitative estimate of drug-likeness (QED) is 0.108. The third-order valence-corrected chi connectivity index (χ3v) is 14.5. The lowest BCUT2D eigenvalue weighted by atomic mass is 9.34. The minimum atomic E-state index is -1.60. The summed E-state index contributed by atoms with van der Waals surface area (Å²) in [6.45, 7) is 15.7. The van der Waals surface area contributed by atoms with Crippen LogP contribution in [0.3, 0.4) is 0 Å². The van der Waals surface area contributed by atoms with Gasteiger partial charge in [0, 0.05) is 0 Å². The summed E-state index contributed by atoms with van der Waals surface area (Å²) in [5, 5.41) is 86.4. The highest BCUT2D eigenvalue weighted by Crippen LogP contribution is 2.76. The fraction of sp³-hybridized carbons (Fsp3) is 0.944. The van der Waals surface area contributed by atoms with Crippen LogP contribution in [0.4, 0.5) is 0 Å². The van der Waals surface area contributed by atoms with Gasteiger partial charge in [0.1, 0.15) is 30.0 Å². The van der Waals surface area contributed by atoms with Gasteiger partial charge in [0.25, 0.3) is 0 Å². The molecule has 0 unspecified atom stereocenters. The van der Waals surface area contributed by atoms with E-state index in [0.29, 0.717) is 25.7 Å². The Hall–Kier alpha value is -0.700. The van der Waals surface area contributed by atoms with Crippen LogP contribution in [0.5, 0.6) is 0 Å². The van der Waals surface area contributed by atoms with Crippen molar-refractivity contribution in [2.45, 2.75) is 161 Å². The van der Waals surface area contributed by atoms with Gasteiger partial charge in [-0.05, 0) is 111 Å². The van der Waals surface area contributed by atoms with Gasteiger partial charge in [-0.25, -0.2) is 4.89 Å². The van der Waals surface area contributed by atoms with E-state index in [4.69, 9.17) is 9.47 Å². The zero-order valence-electron chi connectivity index (χ0n) is 29.5. The zero-order valence-corrected chi connectivity index (χ0v) is 29.5. The van der Waals surface area contributed by atoms with Crippen molar-refractivity contribution in [2.75, 3.05) is 6.61 Å². The zero-order chi connectivity index (χ0) is 35.1. The summed E-state index contributed by atoms with van der Waals surface area (Å²) in [5.74, 6) is -0.486. The van der Waals surface area contributed by atoms with Crippen molar-refractivity contribution in [1.82, 2.24) is 0 Å². The molecule has 0 aromatic heterocycles. The Morgan fingerprint density at radius 1 is 0.851 bits per heavy atom. The van der Waals surface area contributed by atoms with Gasteiger partial charge < -0.3 is 45.2 Å². The fourth-order valence-corrected chi connectivity index (χ4v) is 11.9. The van der Waals surface area contributed by atoms with E-state index in [1.54, 1.807) is 19.9 Å². The summed E-state index contributed by atoms with van der Waals surface area (Å²) in [5.41, 5.74) is -3.53. The molecule has 0 aromatic rings. The molecule has 0 amide bonds. The standard InChI is InChI=1S/C36H62O11/c1-31(2,47-44)12-9-13-36(8,46-30-28(43)27(42)26(41)22(18-37)45-30)19-10-15-34(6)25(19)20(38)16-23-33(5)14-11-24(40)32(3,4)29(33)21(39)17-35(23,34)7/h9,12,19-30,37-44H,10-11,13-18H2,1-8H3/b12-9+/t19-,20+,21-,22+,23+,24-,25-,26-,27-,28+,29-,30-,33+,34+,35+,36+/m0/s1. The van der Waals surface area contributed by atoms with Crippen LogP contribution in [-0.2, 0) is 14.4 Å². The van der Waals surface area contributed by atoms with Crippen LogP contribution in [0.1, 0.15) is 100 Å². The molecule has 11 nitrogen and oxygen atoms in total. The van der Waals surface area contributed by atoms with Crippen LogP contribution >= 0.6 is 0 Å². The van der Waals surface area contributed by atoms with Gasteiger partial charge in [-0.15, -0.1) is 0 Å². The number of hydrogen-bond donors (Lipinski definition) is 8. The van der Waals surface area contributed by atoms with E-state index in [1.165, 1.54) is 0 Å². The molecule has 5 fully saturated rings. The molecule has 1 saturated heterocycles. The molecule has 0 spiro atoms. The molecule has 272 valence electrons. The van der Waals surface area contributed by atoms with Crippen LogP contribution in [0, 0.1) is 45.3 Å². The van der Waals surface area contributed by atoms with Gasteiger partial charge in [0.15, 0.2) is 6.29 Å². The smallest absolute Gasteiger partial charge is 0.187 e. The Bertz CT molecular complexity index is 1160. The van der Waals surface area contributed by atoms with E-state index in [-0.39, 0.29) is 40.9 Å². The monoisotopic (exact) mass is 670 g/mol. The summed E-state index contributed by atoms with van der Waals surface area (Å²) in [6, 6.07) is 0. The summed E-state index contributed by atoms with van der Waals surface area (Å²) in [6.07, 6.45) is -1.18. The summed E-state index contributed by atoms with van der Waals surface area (Å²) in [4.78, 5) is 4.61. The maximum atomic E-state index is 12.3. The molecule has 0 bridgehead atoms. The molecule has 16 atom stereocenters. The van der Waals surface area contributed by atoms with Gasteiger partial charge in [-0.3, -0.25) is 5.26 Å². The van der Waals surface area contributed by atoms with Crippen molar-refractivity contribution < 1.29 is 55.4 Å².